The highest BCUT2D eigenvalue weighted by Crippen LogP contribution is 2.29. The number of hydrogen-bond donors (Lipinski definition) is 2. The second kappa shape index (κ2) is 6.01. The van der Waals surface area contributed by atoms with Gasteiger partial charge in [0, 0.05) is 12.7 Å². The summed E-state index contributed by atoms with van der Waals surface area (Å²) in [4.78, 5) is 5.81. The minimum Gasteiger partial charge on any atom is -0.409 e. The number of nitrogens with zero attached hydrogens (tertiary/aromatic N) is 3. The second-order valence-electron chi connectivity index (χ2n) is 4.05. The van der Waals surface area contributed by atoms with Crippen molar-refractivity contribution in [3.05, 3.63) is 54.1 Å². The third-order valence-corrected chi connectivity index (χ3v) is 2.89. The number of hydrogen-bond acceptors (Lipinski definition) is 4. The molecule has 0 saturated heterocycles. The van der Waals surface area contributed by atoms with Gasteiger partial charge in [0.25, 0.3) is 0 Å². The largest absolute Gasteiger partial charge is 0.409 e. The molecule has 1 heterocycles. The van der Waals surface area contributed by atoms with Crippen molar-refractivity contribution in [2.45, 2.75) is 6.92 Å². The van der Waals surface area contributed by atoms with Gasteiger partial charge in [-0.05, 0) is 31.2 Å². The van der Waals surface area contributed by atoms with E-state index < -0.39 is 0 Å². The quantitative estimate of drug-likeness (QED) is 0.389. The summed E-state index contributed by atoms with van der Waals surface area (Å²) >= 11 is 0. The predicted octanol–water partition coefficient (Wildman–Crippen LogP) is 2.47. The lowest BCUT2D eigenvalue weighted by Gasteiger charge is -2.25. The molecule has 2 aromatic rings. The minimum atomic E-state index is -0.344. The van der Waals surface area contributed by atoms with Crippen LogP contribution in [0.5, 0.6) is 0 Å². The van der Waals surface area contributed by atoms with Gasteiger partial charge in [-0.1, -0.05) is 17.3 Å². The molecular weight excluding hydrogens is 259 g/mol. The van der Waals surface area contributed by atoms with Gasteiger partial charge < -0.3 is 15.8 Å². The van der Waals surface area contributed by atoms with E-state index in [1.807, 2.05) is 6.92 Å². The fraction of sp³-hybridized carbons (Fsp3) is 0.143. The normalized spacial score (nSPS) is 11.4. The van der Waals surface area contributed by atoms with Crippen LogP contribution in [0, 0.1) is 5.82 Å². The zero-order valence-corrected chi connectivity index (χ0v) is 11.0. The molecule has 0 aliphatic carbocycles. The highest BCUT2D eigenvalue weighted by molar-refractivity contribution is 6.01. The van der Waals surface area contributed by atoms with Crippen LogP contribution in [-0.4, -0.2) is 22.6 Å². The Kier molecular flexibility index (Phi) is 4.14. The maximum atomic E-state index is 14.0. The minimum absolute atomic E-state index is 0.115. The van der Waals surface area contributed by atoms with E-state index in [0.717, 1.165) is 0 Å². The summed E-state index contributed by atoms with van der Waals surface area (Å²) in [5.74, 6) is -0.459. The predicted molar refractivity (Wildman–Crippen MR) is 75.8 cm³/mol. The summed E-state index contributed by atoms with van der Waals surface area (Å²) in [6.07, 6.45) is 1.53. The van der Waals surface area contributed by atoms with Crippen molar-refractivity contribution in [1.82, 2.24) is 4.98 Å². The van der Waals surface area contributed by atoms with Crippen molar-refractivity contribution >= 4 is 17.2 Å². The van der Waals surface area contributed by atoms with Crippen LogP contribution in [0.15, 0.2) is 47.8 Å². The van der Waals surface area contributed by atoms with Crippen LogP contribution in [0.25, 0.3) is 0 Å². The van der Waals surface area contributed by atoms with E-state index in [1.54, 1.807) is 35.2 Å². The topological polar surface area (TPSA) is 74.7 Å². The van der Waals surface area contributed by atoms with E-state index in [0.29, 0.717) is 23.6 Å². The van der Waals surface area contributed by atoms with Crippen molar-refractivity contribution in [3.8, 4) is 0 Å². The number of benzene rings is 1. The molecule has 20 heavy (non-hydrogen) atoms. The number of halogens is 1. The lowest BCUT2D eigenvalue weighted by molar-refractivity contribution is 0.318. The average molecular weight is 274 g/mol. The van der Waals surface area contributed by atoms with Crippen LogP contribution in [0.3, 0.4) is 0 Å². The molecule has 5 nitrogen and oxygen atoms in total. The highest BCUT2D eigenvalue weighted by Gasteiger charge is 2.17. The van der Waals surface area contributed by atoms with Crippen LogP contribution in [0.4, 0.5) is 15.8 Å². The first-order valence-corrected chi connectivity index (χ1v) is 6.14. The molecule has 0 aliphatic rings. The molecule has 104 valence electrons. The van der Waals surface area contributed by atoms with E-state index in [1.165, 1.54) is 12.3 Å². The summed E-state index contributed by atoms with van der Waals surface area (Å²) in [6.45, 7) is 2.40. The maximum Gasteiger partial charge on any atom is 0.190 e. The third-order valence-electron chi connectivity index (χ3n) is 2.89. The number of pyridine rings is 1. The molecule has 0 radical (unpaired) electrons. The van der Waals surface area contributed by atoms with Gasteiger partial charge in [-0.25, -0.2) is 4.39 Å². The van der Waals surface area contributed by atoms with Gasteiger partial charge in [-0.2, -0.15) is 0 Å². The van der Waals surface area contributed by atoms with Gasteiger partial charge in [0.05, 0.1) is 11.4 Å². The van der Waals surface area contributed by atoms with Gasteiger partial charge in [-0.15, -0.1) is 0 Å². The monoisotopic (exact) mass is 274 g/mol. The number of amidine groups is 1. The van der Waals surface area contributed by atoms with Crippen LogP contribution in [0.2, 0.25) is 0 Å². The number of aromatic nitrogens is 1. The summed E-state index contributed by atoms with van der Waals surface area (Å²) in [5, 5.41) is 11.8. The average Bonchev–Trinajstić information content (AvgIpc) is 2.49. The first kappa shape index (κ1) is 13.8. The molecule has 0 spiro atoms. The molecule has 0 atom stereocenters. The zero-order chi connectivity index (χ0) is 14.5. The van der Waals surface area contributed by atoms with E-state index in [2.05, 4.69) is 10.1 Å². The number of anilines is 2. The van der Waals surface area contributed by atoms with Gasteiger partial charge >= 0.3 is 0 Å². The van der Waals surface area contributed by atoms with Gasteiger partial charge in [0.15, 0.2) is 5.84 Å². The summed E-state index contributed by atoms with van der Waals surface area (Å²) in [7, 11) is 0. The molecule has 0 amide bonds. The Balaban J connectivity index is 2.56. The molecule has 0 fully saturated rings. The molecule has 3 N–H and O–H groups in total. The van der Waals surface area contributed by atoms with Crippen LogP contribution in [-0.2, 0) is 0 Å². The van der Waals surface area contributed by atoms with E-state index in [9.17, 15) is 4.39 Å². The summed E-state index contributed by atoms with van der Waals surface area (Å²) in [6, 6.07) is 9.89. The fourth-order valence-electron chi connectivity index (χ4n) is 2.00. The van der Waals surface area contributed by atoms with Crippen molar-refractivity contribution in [2.24, 2.45) is 10.9 Å². The molecule has 6 heteroatoms. The van der Waals surface area contributed by atoms with E-state index in [-0.39, 0.29) is 11.7 Å². The SMILES string of the molecule is CCN(c1ccccc1F)c1cccnc1/C(N)=N/O. The number of para-hydroxylation sites is 1. The smallest absolute Gasteiger partial charge is 0.190 e. The molecule has 0 aliphatic heterocycles. The Bertz CT molecular complexity index is 630. The lowest BCUT2D eigenvalue weighted by atomic mass is 10.2. The van der Waals surface area contributed by atoms with Crippen molar-refractivity contribution in [2.75, 3.05) is 11.4 Å². The summed E-state index contributed by atoms with van der Waals surface area (Å²) in [5.41, 5.74) is 6.92. The number of nitrogens with two attached hydrogens (primary N) is 1. The first-order chi connectivity index (χ1) is 9.69. The second-order valence-corrected chi connectivity index (χ2v) is 4.05. The van der Waals surface area contributed by atoms with Crippen LogP contribution >= 0.6 is 0 Å². The molecule has 1 aromatic heterocycles. The van der Waals surface area contributed by atoms with Crippen LogP contribution < -0.4 is 10.6 Å². The molecule has 0 unspecified atom stereocenters. The van der Waals surface area contributed by atoms with Gasteiger partial charge in [0.2, 0.25) is 0 Å². The maximum absolute atomic E-state index is 14.0. The van der Waals surface area contributed by atoms with E-state index in [4.69, 9.17) is 10.9 Å². The van der Waals surface area contributed by atoms with Gasteiger partial charge in [0.1, 0.15) is 11.5 Å². The fourth-order valence-corrected chi connectivity index (χ4v) is 2.00. The highest BCUT2D eigenvalue weighted by atomic mass is 19.1. The first-order valence-electron chi connectivity index (χ1n) is 6.14. The summed E-state index contributed by atoms with van der Waals surface area (Å²) < 4.78 is 14.0. The van der Waals surface area contributed by atoms with Crippen molar-refractivity contribution in [3.63, 3.8) is 0 Å². The Morgan fingerprint density at radius 3 is 2.65 bits per heavy atom. The Hall–Kier alpha value is -2.63. The zero-order valence-electron chi connectivity index (χ0n) is 11.0. The number of oxime groups is 1. The van der Waals surface area contributed by atoms with E-state index >= 15 is 0 Å². The van der Waals surface area contributed by atoms with Gasteiger partial charge in [-0.3, -0.25) is 4.98 Å². The number of rotatable bonds is 4. The molecule has 2 rings (SSSR count). The molecule has 1 aromatic carbocycles. The Morgan fingerprint density at radius 2 is 2.00 bits per heavy atom. The Labute approximate surface area is 116 Å². The standard InChI is InChI=1S/C14H15FN4O/c1-2-19(11-7-4-3-6-10(11)15)12-8-5-9-17-13(12)14(16)18-20/h3-9,20H,2H2,1H3,(H2,16,18). The third kappa shape index (κ3) is 2.54. The molecular formula is C14H15FN4O. The van der Waals surface area contributed by atoms with Crippen molar-refractivity contribution in [1.29, 1.82) is 0 Å². The van der Waals surface area contributed by atoms with Crippen molar-refractivity contribution < 1.29 is 9.60 Å². The molecule has 0 bridgehead atoms. The molecule has 0 saturated carbocycles. The Morgan fingerprint density at radius 1 is 1.30 bits per heavy atom. The van der Waals surface area contributed by atoms with Crippen LogP contribution in [0.1, 0.15) is 12.6 Å². The lowest BCUT2D eigenvalue weighted by Crippen LogP contribution is -2.24.